The third-order valence-electron chi connectivity index (χ3n) is 4.27. The third-order valence-corrected chi connectivity index (χ3v) is 5.96. The zero-order valence-electron chi connectivity index (χ0n) is 16.6. The summed E-state index contributed by atoms with van der Waals surface area (Å²) in [6.07, 6.45) is 0. The van der Waals surface area contributed by atoms with E-state index in [4.69, 9.17) is 4.74 Å². The van der Waals surface area contributed by atoms with Gasteiger partial charge < -0.3 is 15.4 Å². The molecule has 156 valence electrons. The largest absolute Gasteiger partial charge is 0.487 e. The van der Waals surface area contributed by atoms with Gasteiger partial charge in [0, 0.05) is 22.3 Å². The van der Waals surface area contributed by atoms with Gasteiger partial charge in [-0.15, -0.1) is 22.7 Å². The number of thiazole rings is 1. The minimum atomic E-state index is -0.267. The summed E-state index contributed by atoms with van der Waals surface area (Å²) in [5, 5.41) is 10.5. The summed E-state index contributed by atoms with van der Waals surface area (Å²) in [6, 6.07) is 17.6. The number of anilines is 2. The molecular weight excluding hydrogens is 430 g/mol. The van der Waals surface area contributed by atoms with Gasteiger partial charge in [0.2, 0.25) is 0 Å². The van der Waals surface area contributed by atoms with Crippen LogP contribution in [0.3, 0.4) is 0 Å². The van der Waals surface area contributed by atoms with Crippen LogP contribution in [0.25, 0.3) is 0 Å². The Hall–Kier alpha value is -3.49. The molecule has 2 N–H and O–H groups in total. The van der Waals surface area contributed by atoms with Crippen molar-refractivity contribution in [2.45, 2.75) is 13.5 Å². The minimum absolute atomic E-state index is 0.182. The lowest BCUT2D eigenvalue weighted by Crippen LogP contribution is -2.13. The molecule has 0 bridgehead atoms. The lowest BCUT2D eigenvalue weighted by atomic mass is 10.2. The normalized spacial score (nSPS) is 10.5. The Balaban J connectivity index is 1.39. The number of benzene rings is 2. The molecule has 8 heteroatoms. The topological polar surface area (TPSA) is 80.3 Å². The average Bonchev–Trinajstić information content (AvgIpc) is 3.45. The second-order valence-electron chi connectivity index (χ2n) is 6.64. The molecule has 0 aliphatic heterocycles. The van der Waals surface area contributed by atoms with E-state index in [0.29, 0.717) is 34.2 Å². The van der Waals surface area contributed by atoms with Gasteiger partial charge in [-0.2, -0.15) is 0 Å². The van der Waals surface area contributed by atoms with Gasteiger partial charge >= 0.3 is 0 Å². The first-order chi connectivity index (χ1) is 15.1. The van der Waals surface area contributed by atoms with Crippen molar-refractivity contribution < 1.29 is 14.3 Å². The van der Waals surface area contributed by atoms with Crippen molar-refractivity contribution in [3.8, 4) is 5.75 Å². The van der Waals surface area contributed by atoms with E-state index in [2.05, 4.69) is 15.6 Å². The van der Waals surface area contributed by atoms with E-state index in [0.717, 1.165) is 10.7 Å². The summed E-state index contributed by atoms with van der Waals surface area (Å²) in [7, 11) is 0. The molecule has 0 radical (unpaired) electrons. The summed E-state index contributed by atoms with van der Waals surface area (Å²) in [4.78, 5) is 29.9. The molecule has 0 aliphatic carbocycles. The molecule has 4 aromatic rings. The maximum atomic E-state index is 12.7. The fraction of sp³-hybridized carbons (Fsp3) is 0.0870. The van der Waals surface area contributed by atoms with Gasteiger partial charge in [0.15, 0.2) is 0 Å². The molecule has 0 unspecified atom stereocenters. The van der Waals surface area contributed by atoms with Crippen LogP contribution in [0.2, 0.25) is 0 Å². The molecule has 0 fully saturated rings. The Kier molecular flexibility index (Phi) is 6.40. The fourth-order valence-electron chi connectivity index (χ4n) is 2.84. The van der Waals surface area contributed by atoms with E-state index >= 15 is 0 Å². The van der Waals surface area contributed by atoms with E-state index in [1.165, 1.54) is 11.3 Å². The number of hydrogen-bond donors (Lipinski definition) is 2. The number of carbonyl (C=O) groups is 2. The molecule has 2 aromatic carbocycles. The van der Waals surface area contributed by atoms with E-state index in [-0.39, 0.29) is 11.8 Å². The summed E-state index contributed by atoms with van der Waals surface area (Å²) < 4.78 is 5.76. The second kappa shape index (κ2) is 9.55. The number of amides is 2. The van der Waals surface area contributed by atoms with Crippen molar-refractivity contribution in [2.75, 3.05) is 10.6 Å². The van der Waals surface area contributed by atoms with Crippen molar-refractivity contribution in [3.63, 3.8) is 0 Å². The third kappa shape index (κ3) is 5.56. The molecule has 0 spiro atoms. The number of thiophene rings is 1. The standard InChI is InChI=1S/C23H19N3O3S2/c1-15-24-19(14-31-15)13-29-20-8-2-5-16(11-20)22(27)25-17-6-3-7-18(12-17)26-23(28)21-9-4-10-30-21/h2-12,14H,13H2,1H3,(H,25,27)(H,26,28). The summed E-state index contributed by atoms with van der Waals surface area (Å²) in [5.41, 5.74) is 2.52. The lowest BCUT2D eigenvalue weighted by molar-refractivity contribution is 0.102. The molecule has 2 heterocycles. The van der Waals surface area contributed by atoms with Crippen LogP contribution in [-0.4, -0.2) is 16.8 Å². The highest BCUT2D eigenvalue weighted by Crippen LogP contribution is 2.20. The van der Waals surface area contributed by atoms with E-state index in [1.54, 1.807) is 65.9 Å². The molecule has 0 atom stereocenters. The number of carbonyl (C=O) groups excluding carboxylic acids is 2. The highest BCUT2D eigenvalue weighted by Gasteiger charge is 2.10. The number of rotatable bonds is 7. The Morgan fingerprint density at radius 1 is 0.935 bits per heavy atom. The first-order valence-electron chi connectivity index (χ1n) is 9.47. The molecule has 4 rings (SSSR count). The Morgan fingerprint density at radius 3 is 2.42 bits per heavy atom. The van der Waals surface area contributed by atoms with Crippen LogP contribution in [-0.2, 0) is 6.61 Å². The lowest BCUT2D eigenvalue weighted by Gasteiger charge is -2.10. The number of aromatic nitrogens is 1. The highest BCUT2D eigenvalue weighted by atomic mass is 32.1. The summed E-state index contributed by atoms with van der Waals surface area (Å²) in [5.74, 6) is 0.144. The van der Waals surface area contributed by atoms with Gasteiger partial charge in [-0.25, -0.2) is 4.98 Å². The Bertz CT molecular complexity index is 1200. The van der Waals surface area contributed by atoms with Gasteiger partial charge in [-0.05, 0) is 54.8 Å². The first kappa shape index (κ1) is 20.8. The molecule has 0 aliphatic rings. The number of aryl methyl sites for hydroxylation is 1. The quantitative estimate of drug-likeness (QED) is 0.385. The fourth-order valence-corrected chi connectivity index (χ4v) is 4.05. The predicted octanol–water partition coefficient (Wildman–Crippen LogP) is 5.60. The van der Waals surface area contributed by atoms with Crippen molar-refractivity contribution in [1.82, 2.24) is 4.98 Å². The van der Waals surface area contributed by atoms with E-state index < -0.39 is 0 Å². The van der Waals surface area contributed by atoms with Crippen LogP contribution in [0, 0.1) is 6.92 Å². The van der Waals surface area contributed by atoms with Crippen LogP contribution in [0.4, 0.5) is 11.4 Å². The van der Waals surface area contributed by atoms with Gasteiger partial charge in [0.1, 0.15) is 12.4 Å². The SMILES string of the molecule is Cc1nc(COc2cccc(C(=O)Nc3cccc(NC(=O)c4cccs4)c3)c2)cs1. The van der Waals surface area contributed by atoms with Crippen LogP contribution < -0.4 is 15.4 Å². The average molecular weight is 450 g/mol. The van der Waals surface area contributed by atoms with Crippen molar-refractivity contribution >= 4 is 45.9 Å². The molecule has 6 nitrogen and oxygen atoms in total. The Labute approximate surface area is 187 Å². The van der Waals surface area contributed by atoms with Crippen LogP contribution >= 0.6 is 22.7 Å². The predicted molar refractivity (Wildman–Crippen MR) is 124 cm³/mol. The number of nitrogens with zero attached hydrogens (tertiary/aromatic N) is 1. The highest BCUT2D eigenvalue weighted by molar-refractivity contribution is 7.12. The van der Waals surface area contributed by atoms with Crippen molar-refractivity contribution in [3.05, 3.63) is 92.6 Å². The maximum Gasteiger partial charge on any atom is 0.265 e. The monoisotopic (exact) mass is 449 g/mol. The zero-order chi connectivity index (χ0) is 21.6. The zero-order valence-corrected chi connectivity index (χ0v) is 18.3. The first-order valence-corrected chi connectivity index (χ1v) is 11.2. The van der Waals surface area contributed by atoms with E-state index in [1.807, 2.05) is 23.8 Å². The second-order valence-corrected chi connectivity index (χ2v) is 8.65. The van der Waals surface area contributed by atoms with E-state index in [9.17, 15) is 9.59 Å². The number of ether oxygens (including phenoxy) is 1. The number of nitrogens with one attached hydrogen (secondary N) is 2. The maximum absolute atomic E-state index is 12.7. The van der Waals surface area contributed by atoms with Gasteiger partial charge in [0.05, 0.1) is 15.6 Å². The molecule has 2 amide bonds. The van der Waals surface area contributed by atoms with Gasteiger partial charge in [0.25, 0.3) is 11.8 Å². The number of hydrogen-bond acceptors (Lipinski definition) is 6. The summed E-state index contributed by atoms with van der Waals surface area (Å²) >= 11 is 2.94. The molecular formula is C23H19N3O3S2. The molecule has 0 saturated carbocycles. The Morgan fingerprint density at radius 2 is 1.71 bits per heavy atom. The van der Waals surface area contributed by atoms with Crippen molar-refractivity contribution in [2.24, 2.45) is 0 Å². The summed E-state index contributed by atoms with van der Waals surface area (Å²) in [6.45, 7) is 2.29. The van der Waals surface area contributed by atoms with Crippen molar-refractivity contribution in [1.29, 1.82) is 0 Å². The molecule has 2 aromatic heterocycles. The van der Waals surface area contributed by atoms with Gasteiger partial charge in [-0.3, -0.25) is 9.59 Å². The smallest absolute Gasteiger partial charge is 0.265 e. The molecule has 31 heavy (non-hydrogen) atoms. The van der Waals surface area contributed by atoms with Crippen LogP contribution in [0.1, 0.15) is 30.7 Å². The molecule has 0 saturated heterocycles. The van der Waals surface area contributed by atoms with Crippen LogP contribution in [0.5, 0.6) is 5.75 Å². The van der Waals surface area contributed by atoms with Crippen LogP contribution in [0.15, 0.2) is 71.4 Å². The minimum Gasteiger partial charge on any atom is -0.487 e. The van der Waals surface area contributed by atoms with Gasteiger partial charge in [-0.1, -0.05) is 18.2 Å².